The third-order valence-corrected chi connectivity index (χ3v) is 3.50. The van der Waals surface area contributed by atoms with E-state index in [-0.39, 0.29) is 17.9 Å². The van der Waals surface area contributed by atoms with Gasteiger partial charge in [0.1, 0.15) is 6.26 Å². The normalized spacial score (nSPS) is 11.1. The number of nitrogens with one attached hydrogen (secondary N) is 1. The Bertz CT molecular complexity index is 517. The summed E-state index contributed by atoms with van der Waals surface area (Å²) in [6, 6.07) is 1.22. The Morgan fingerprint density at radius 2 is 1.95 bits per heavy atom. The zero-order valence-corrected chi connectivity index (χ0v) is 11.4. The maximum absolute atomic E-state index is 11.9. The van der Waals surface area contributed by atoms with Gasteiger partial charge in [0.25, 0.3) is 11.8 Å². The quantitative estimate of drug-likeness (QED) is 0.688. The van der Waals surface area contributed by atoms with Crippen LogP contribution in [0, 0.1) is 5.41 Å². The number of rotatable bonds is 7. The van der Waals surface area contributed by atoms with Crippen molar-refractivity contribution < 1.29 is 23.9 Å². The summed E-state index contributed by atoms with van der Waals surface area (Å²) in [6.45, 7) is 3.52. The molecule has 7 heteroatoms. The lowest BCUT2D eigenvalue weighted by molar-refractivity contribution is -0.149. The molecule has 110 valence electrons. The highest BCUT2D eigenvalue weighted by molar-refractivity contribution is 5.98. The Labute approximate surface area is 116 Å². The number of carboxylic acid groups (broad SMARTS) is 1. The Balaban J connectivity index is 2.75. The molecule has 0 atom stereocenters. The van der Waals surface area contributed by atoms with Crippen LogP contribution < -0.4 is 11.1 Å². The van der Waals surface area contributed by atoms with E-state index in [1.54, 1.807) is 13.8 Å². The first-order chi connectivity index (χ1) is 9.36. The highest BCUT2D eigenvalue weighted by atomic mass is 16.4. The van der Waals surface area contributed by atoms with Gasteiger partial charge in [0.2, 0.25) is 0 Å². The maximum Gasteiger partial charge on any atom is 0.311 e. The first-order valence-corrected chi connectivity index (χ1v) is 6.26. The van der Waals surface area contributed by atoms with Crippen molar-refractivity contribution in [1.82, 2.24) is 5.32 Å². The van der Waals surface area contributed by atoms with Crippen LogP contribution in [0.1, 0.15) is 47.6 Å². The second-order valence-electron chi connectivity index (χ2n) is 4.54. The zero-order chi connectivity index (χ0) is 15.3. The number of furan rings is 1. The van der Waals surface area contributed by atoms with Gasteiger partial charge in [-0.1, -0.05) is 13.8 Å². The van der Waals surface area contributed by atoms with Crippen LogP contribution in [0.5, 0.6) is 0 Å². The van der Waals surface area contributed by atoms with E-state index in [0.29, 0.717) is 12.8 Å². The lowest BCUT2D eigenvalue weighted by Gasteiger charge is -2.26. The van der Waals surface area contributed by atoms with Crippen molar-refractivity contribution in [1.29, 1.82) is 0 Å². The standard InChI is InChI=1S/C13H18N2O5/c1-3-13(4-2,12(18)19)7-15-11(17)8-5-9(10(14)16)20-6-8/h5-6H,3-4,7H2,1-2H3,(H2,14,16)(H,15,17)(H,18,19). The summed E-state index contributed by atoms with van der Waals surface area (Å²) < 4.78 is 4.83. The topological polar surface area (TPSA) is 123 Å². The van der Waals surface area contributed by atoms with Crippen molar-refractivity contribution >= 4 is 17.8 Å². The molecule has 4 N–H and O–H groups in total. The van der Waals surface area contributed by atoms with Crippen LogP contribution in [0.25, 0.3) is 0 Å². The van der Waals surface area contributed by atoms with Gasteiger partial charge in [-0.2, -0.15) is 0 Å². The fraction of sp³-hybridized carbons (Fsp3) is 0.462. The van der Waals surface area contributed by atoms with Crippen molar-refractivity contribution in [2.24, 2.45) is 11.1 Å². The molecule has 0 aliphatic rings. The van der Waals surface area contributed by atoms with Crippen LogP contribution >= 0.6 is 0 Å². The molecule has 1 aromatic rings. The van der Waals surface area contributed by atoms with Crippen LogP contribution in [-0.2, 0) is 4.79 Å². The van der Waals surface area contributed by atoms with Crippen LogP contribution in [0.2, 0.25) is 0 Å². The molecular weight excluding hydrogens is 264 g/mol. The molecule has 0 saturated carbocycles. The second-order valence-corrected chi connectivity index (χ2v) is 4.54. The van der Waals surface area contributed by atoms with Crippen molar-refractivity contribution in [3.8, 4) is 0 Å². The van der Waals surface area contributed by atoms with Crippen molar-refractivity contribution in [2.75, 3.05) is 6.54 Å². The molecular formula is C13H18N2O5. The molecule has 0 aromatic carbocycles. The van der Waals surface area contributed by atoms with Crippen molar-refractivity contribution in [3.05, 3.63) is 23.7 Å². The number of amides is 2. The number of carbonyl (C=O) groups is 3. The largest absolute Gasteiger partial charge is 0.481 e. The first-order valence-electron chi connectivity index (χ1n) is 6.26. The molecule has 1 heterocycles. The summed E-state index contributed by atoms with van der Waals surface area (Å²) in [5, 5.41) is 11.8. The number of nitrogens with two attached hydrogens (primary N) is 1. The van der Waals surface area contributed by atoms with E-state index in [2.05, 4.69) is 5.32 Å². The van der Waals surface area contributed by atoms with Crippen molar-refractivity contribution in [2.45, 2.75) is 26.7 Å². The predicted molar refractivity (Wildman–Crippen MR) is 70.2 cm³/mol. The van der Waals surface area contributed by atoms with E-state index in [4.69, 9.17) is 10.2 Å². The van der Waals surface area contributed by atoms with Gasteiger partial charge in [0.05, 0.1) is 11.0 Å². The Kier molecular flexibility index (Phi) is 4.90. The maximum atomic E-state index is 11.9. The molecule has 0 aliphatic carbocycles. The molecule has 0 saturated heterocycles. The molecule has 0 spiro atoms. The van der Waals surface area contributed by atoms with Crippen molar-refractivity contribution in [3.63, 3.8) is 0 Å². The van der Waals surface area contributed by atoms with E-state index in [1.807, 2.05) is 0 Å². The van der Waals surface area contributed by atoms with E-state index in [9.17, 15) is 19.5 Å². The summed E-state index contributed by atoms with van der Waals surface area (Å²) in [5.74, 6) is -2.35. The van der Waals surface area contributed by atoms with Gasteiger partial charge in [-0.15, -0.1) is 0 Å². The molecule has 1 rings (SSSR count). The van der Waals surface area contributed by atoms with E-state index < -0.39 is 23.2 Å². The minimum absolute atomic E-state index is 0.00521. The number of aliphatic carboxylic acids is 1. The third-order valence-electron chi connectivity index (χ3n) is 3.50. The summed E-state index contributed by atoms with van der Waals surface area (Å²) in [5.41, 5.74) is 4.15. The van der Waals surface area contributed by atoms with E-state index in [0.717, 1.165) is 6.26 Å². The van der Waals surface area contributed by atoms with Crippen LogP contribution in [0.15, 0.2) is 16.7 Å². The van der Waals surface area contributed by atoms with E-state index in [1.165, 1.54) is 6.07 Å². The summed E-state index contributed by atoms with van der Waals surface area (Å²) in [7, 11) is 0. The highest BCUT2D eigenvalue weighted by Crippen LogP contribution is 2.25. The fourth-order valence-corrected chi connectivity index (χ4v) is 1.81. The number of hydrogen-bond donors (Lipinski definition) is 3. The molecule has 20 heavy (non-hydrogen) atoms. The van der Waals surface area contributed by atoms with Gasteiger partial charge in [-0.25, -0.2) is 0 Å². The van der Waals surface area contributed by atoms with Gasteiger partial charge < -0.3 is 20.6 Å². The number of hydrogen-bond acceptors (Lipinski definition) is 4. The summed E-state index contributed by atoms with van der Waals surface area (Å²) >= 11 is 0. The van der Waals surface area contributed by atoms with Gasteiger partial charge in [-0.05, 0) is 12.8 Å². The minimum atomic E-state index is -0.994. The fourth-order valence-electron chi connectivity index (χ4n) is 1.81. The third kappa shape index (κ3) is 3.17. The van der Waals surface area contributed by atoms with Gasteiger partial charge >= 0.3 is 5.97 Å². The second kappa shape index (κ2) is 6.23. The number of carboxylic acids is 1. The Morgan fingerprint density at radius 3 is 2.35 bits per heavy atom. The molecule has 0 radical (unpaired) electrons. The van der Waals surface area contributed by atoms with Crippen LogP contribution in [0.3, 0.4) is 0 Å². The Hall–Kier alpha value is -2.31. The van der Waals surface area contributed by atoms with Crippen LogP contribution in [0.4, 0.5) is 0 Å². The molecule has 0 unspecified atom stereocenters. The molecule has 0 aliphatic heterocycles. The first kappa shape index (κ1) is 15.7. The highest BCUT2D eigenvalue weighted by Gasteiger charge is 2.35. The minimum Gasteiger partial charge on any atom is -0.481 e. The molecule has 7 nitrogen and oxygen atoms in total. The summed E-state index contributed by atoms with van der Waals surface area (Å²) in [6.07, 6.45) is 1.91. The smallest absolute Gasteiger partial charge is 0.311 e. The number of primary amides is 1. The number of carbonyl (C=O) groups excluding carboxylic acids is 2. The van der Waals surface area contributed by atoms with Gasteiger partial charge in [-0.3, -0.25) is 14.4 Å². The van der Waals surface area contributed by atoms with E-state index >= 15 is 0 Å². The van der Waals surface area contributed by atoms with Gasteiger partial charge in [0, 0.05) is 12.6 Å². The average Bonchev–Trinajstić information content (AvgIpc) is 2.89. The molecule has 1 aromatic heterocycles. The monoisotopic (exact) mass is 282 g/mol. The average molecular weight is 282 g/mol. The van der Waals surface area contributed by atoms with Gasteiger partial charge in [0.15, 0.2) is 5.76 Å². The molecule has 2 amide bonds. The van der Waals surface area contributed by atoms with Crippen LogP contribution in [-0.4, -0.2) is 29.4 Å². The molecule has 0 fully saturated rings. The molecule has 0 bridgehead atoms. The summed E-state index contributed by atoms with van der Waals surface area (Å²) in [4.78, 5) is 34.0. The Morgan fingerprint density at radius 1 is 1.35 bits per heavy atom. The predicted octanol–water partition coefficient (Wildman–Crippen LogP) is 0.999. The lowest BCUT2D eigenvalue weighted by Crippen LogP contribution is -2.42. The zero-order valence-electron chi connectivity index (χ0n) is 11.4. The SMILES string of the molecule is CCC(CC)(CNC(=O)c1coc(C(N)=O)c1)C(=O)O. The lowest BCUT2D eigenvalue weighted by atomic mass is 9.82.